The van der Waals surface area contributed by atoms with Crippen molar-refractivity contribution in [3.8, 4) is 39.6 Å². The van der Waals surface area contributed by atoms with Crippen molar-refractivity contribution in [3.05, 3.63) is 49.3 Å². The van der Waals surface area contributed by atoms with Crippen molar-refractivity contribution in [3.63, 3.8) is 0 Å². The van der Waals surface area contributed by atoms with Crippen LogP contribution in [0.2, 0.25) is 0 Å². The van der Waals surface area contributed by atoms with Gasteiger partial charge in [0.2, 0.25) is 11.7 Å². The summed E-state index contributed by atoms with van der Waals surface area (Å²) in [6.45, 7) is 1.46. The maximum Gasteiger partial charge on any atom is 0.221 e. The molecule has 1 aromatic carbocycles. The third-order valence-electron chi connectivity index (χ3n) is 4.77. The fourth-order valence-electron chi connectivity index (χ4n) is 3.42. The van der Waals surface area contributed by atoms with Gasteiger partial charge in [-0.1, -0.05) is 0 Å². The molecule has 3 aromatic heterocycles. The van der Waals surface area contributed by atoms with Crippen LogP contribution in [0, 0.1) is 0 Å². The van der Waals surface area contributed by atoms with E-state index in [2.05, 4.69) is 20.3 Å². The van der Waals surface area contributed by atoms with E-state index in [1.165, 1.54) is 13.3 Å². The second kappa shape index (κ2) is 8.31. The summed E-state index contributed by atoms with van der Waals surface area (Å²) in [7, 11) is 4.69. The molecule has 0 fully saturated rings. The van der Waals surface area contributed by atoms with Gasteiger partial charge in [-0.15, -0.1) is 0 Å². The summed E-state index contributed by atoms with van der Waals surface area (Å²) in [5.74, 6) is 1.37. The summed E-state index contributed by atoms with van der Waals surface area (Å²) in [6.07, 6.45) is 8.54. The lowest BCUT2D eigenvalue weighted by Crippen LogP contribution is -2.08. The smallest absolute Gasteiger partial charge is 0.221 e. The number of pyridine rings is 1. The van der Waals surface area contributed by atoms with Crippen molar-refractivity contribution in [1.29, 1.82) is 0 Å². The van der Waals surface area contributed by atoms with Gasteiger partial charge in [0.1, 0.15) is 6.33 Å². The second-order valence-electron chi connectivity index (χ2n) is 6.70. The van der Waals surface area contributed by atoms with E-state index in [0.29, 0.717) is 28.6 Å². The predicted octanol–water partition coefficient (Wildman–Crippen LogP) is 3.44. The molecule has 0 spiro atoms. The molecule has 4 rings (SSSR count). The first-order valence-electron chi connectivity index (χ1n) is 9.40. The molecular formula is C22H21N5O4. The van der Waals surface area contributed by atoms with Crippen molar-refractivity contribution < 1.29 is 19.0 Å². The van der Waals surface area contributed by atoms with Gasteiger partial charge in [0.25, 0.3) is 0 Å². The lowest BCUT2D eigenvalue weighted by Gasteiger charge is -2.15. The number of anilines is 1. The van der Waals surface area contributed by atoms with Crippen LogP contribution in [-0.2, 0) is 4.79 Å². The first-order chi connectivity index (χ1) is 15.0. The summed E-state index contributed by atoms with van der Waals surface area (Å²) in [4.78, 5) is 24.5. The van der Waals surface area contributed by atoms with Gasteiger partial charge in [-0.25, -0.2) is 15.0 Å². The van der Waals surface area contributed by atoms with E-state index < -0.39 is 0 Å². The average Bonchev–Trinajstić information content (AvgIpc) is 3.22. The molecule has 0 aliphatic heterocycles. The van der Waals surface area contributed by atoms with Crippen molar-refractivity contribution >= 4 is 17.2 Å². The second-order valence-corrected chi connectivity index (χ2v) is 6.70. The van der Waals surface area contributed by atoms with Crippen molar-refractivity contribution in [2.75, 3.05) is 26.6 Å². The van der Waals surface area contributed by atoms with E-state index >= 15 is 0 Å². The number of fused-ring (bicyclic) bond motifs is 1. The van der Waals surface area contributed by atoms with Crippen LogP contribution in [0.1, 0.15) is 6.92 Å². The standard InChI is InChI=1S/C22H21N5O4/c1-13(28)26-17-5-15(16-8-23-12-24-9-16)11-27-18(10-25-22(17)27)14-6-19(29-2)21(31-4)20(7-14)30-3/h5-12H,1-4H3,(H,26,28). The SMILES string of the molecule is COc1cc(-c2cnc3c(NC(C)=O)cc(-c4cncnc4)cn23)cc(OC)c1OC. The maximum absolute atomic E-state index is 11.8. The number of nitrogens with one attached hydrogen (secondary N) is 1. The minimum Gasteiger partial charge on any atom is -0.493 e. The van der Waals surface area contributed by atoms with Crippen molar-refractivity contribution in [2.24, 2.45) is 0 Å². The lowest BCUT2D eigenvalue weighted by molar-refractivity contribution is -0.114. The van der Waals surface area contributed by atoms with Gasteiger partial charge in [-0.2, -0.15) is 0 Å². The number of amides is 1. The highest BCUT2D eigenvalue weighted by atomic mass is 16.5. The summed E-state index contributed by atoms with van der Waals surface area (Å²) < 4.78 is 18.3. The topological polar surface area (TPSA) is 99.9 Å². The van der Waals surface area contributed by atoms with Gasteiger partial charge in [-0.05, 0) is 18.2 Å². The predicted molar refractivity (Wildman–Crippen MR) is 116 cm³/mol. The van der Waals surface area contributed by atoms with Crippen LogP contribution in [0.3, 0.4) is 0 Å². The summed E-state index contributed by atoms with van der Waals surface area (Å²) in [5, 5.41) is 2.85. The number of methoxy groups -OCH3 is 3. The Kier molecular flexibility index (Phi) is 5.40. The Hall–Kier alpha value is -4.14. The molecule has 0 radical (unpaired) electrons. The number of imidazole rings is 1. The number of hydrogen-bond acceptors (Lipinski definition) is 7. The normalized spacial score (nSPS) is 10.7. The first kappa shape index (κ1) is 20.1. The van der Waals surface area contributed by atoms with Crippen LogP contribution in [0.25, 0.3) is 28.0 Å². The molecule has 0 atom stereocenters. The molecule has 0 saturated carbocycles. The van der Waals surface area contributed by atoms with Crippen LogP contribution in [0.5, 0.6) is 17.2 Å². The van der Waals surface area contributed by atoms with Gasteiger partial charge in [0.15, 0.2) is 17.1 Å². The van der Waals surface area contributed by atoms with Crippen molar-refractivity contribution in [2.45, 2.75) is 6.92 Å². The van der Waals surface area contributed by atoms with E-state index in [1.807, 2.05) is 28.8 Å². The third kappa shape index (κ3) is 3.73. The molecule has 1 amide bonds. The van der Waals surface area contributed by atoms with E-state index in [1.54, 1.807) is 39.9 Å². The van der Waals surface area contributed by atoms with Gasteiger partial charge in [0.05, 0.1) is 38.9 Å². The van der Waals surface area contributed by atoms with Gasteiger partial charge < -0.3 is 19.5 Å². The van der Waals surface area contributed by atoms with E-state index in [0.717, 1.165) is 22.4 Å². The van der Waals surface area contributed by atoms with Crippen LogP contribution >= 0.6 is 0 Å². The first-order valence-corrected chi connectivity index (χ1v) is 9.40. The fourth-order valence-corrected chi connectivity index (χ4v) is 3.42. The molecule has 0 saturated heterocycles. The molecule has 0 aliphatic carbocycles. The molecule has 3 heterocycles. The zero-order chi connectivity index (χ0) is 22.0. The summed E-state index contributed by atoms with van der Waals surface area (Å²) >= 11 is 0. The Morgan fingerprint density at radius 2 is 1.58 bits per heavy atom. The van der Waals surface area contributed by atoms with Crippen LogP contribution in [0.4, 0.5) is 5.69 Å². The maximum atomic E-state index is 11.8. The number of carbonyl (C=O) groups is 1. The Labute approximate surface area is 178 Å². The number of aromatic nitrogens is 4. The Morgan fingerprint density at radius 3 is 2.16 bits per heavy atom. The number of benzene rings is 1. The van der Waals surface area contributed by atoms with E-state index in [4.69, 9.17) is 14.2 Å². The molecule has 158 valence electrons. The van der Waals surface area contributed by atoms with Crippen LogP contribution in [-0.4, -0.2) is 46.6 Å². The largest absolute Gasteiger partial charge is 0.493 e. The summed E-state index contributed by atoms with van der Waals surface area (Å²) in [6, 6.07) is 5.55. The Morgan fingerprint density at radius 1 is 0.903 bits per heavy atom. The fraction of sp³-hybridized carbons (Fsp3) is 0.182. The van der Waals surface area contributed by atoms with Gasteiger partial charge in [-0.3, -0.25) is 9.20 Å². The highest BCUT2D eigenvalue weighted by Crippen LogP contribution is 2.41. The number of nitrogens with zero attached hydrogens (tertiary/aromatic N) is 4. The lowest BCUT2D eigenvalue weighted by atomic mass is 10.1. The zero-order valence-corrected chi connectivity index (χ0v) is 17.5. The molecule has 0 unspecified atom stereocenters. The highest BCUT2D eigenvalue weighted by Gasteiger charge is 2.18. The molecule has 9 nitrogen and oxygen atoms in total. The molecular weight excluding hydrogens is 398 g/mol. The van der Waals surface area contributed by atoms with E-state index in [-0.39, 0.29) is 5.91 Å². The minimum atomic E-state index is -0.194. The molecule has 4 aromatic rings. The minimum absolute atomic E-state index is 0.194. The number of hydrogen-bond donors (Lipinski definition) is 1. The number of rotatable bonds is 6. The molecule has 9 heteroatoms. The van der Waals surface area contributed by atoms with Crippen LogP contribution < -0.4 is 19.5 Å². The molecule has 31 heavy (non-hydrogen) atoms. The quantitative estimate of drug-likeness (QED) is 0.511. The number of ether oxygens (including phenoxy) is 3. The molecule has 1 N–H and O–H groups in total. The molecule has 0 bridgehead atoms. The number of carbonyl (C=O) groups excluding carboxylic acids is 1. The third-order valence-corrected chi connectivity index (χ3v) is 4.77. The summed E-state index contributed by atoms with van der Waals surface area (Å²) in [5.41, 5.74) is 4.38. The van der Waals surface area contributed by atoms with Gasteiger partial charge >= 0.3 is 0 Å². The molecule has 0 aliphatic rings. The zero-order valence-electron chi connectivity index (χ0n) is 17.5. The van der Waals surface area contributed by atoms with Crippen molar-refractivity contribution in [1.82, 2.24) is 19.4 Å². The average molecular weight is 419 g/mol. The Bertz CT molecular complexity index is 1230. The monoisotopic (exact) mass is 419 g/mol. The van der Waals surface area contributed by atoms with Gasteiger partial charge in [0, 0.05) is 42.2 Å². The highest BCUT2D eigenvalue weighted by molar-refractivity contribution is 5.94. The van der Waals surface area contributed by atoms with E-state index in [9.17, 15) is 4.79 Å². The Balaban J connectivity index is 1.97. The van der Waals surface area contributed by atoms with Crippen LogP contribution in [0.15, 0.2) is 49.3 Å².